The van der Waals surface area contributed by atoms with Crippen LogP contribution in [0.5, 0.6) is 0 Å². The third kappa shape index (κ3) is 12.9. The topological polar surface area (TPSA) is 116 Å². The molecule has 0 radical (unpaired) electrons. The van der Waals surface area contributed by atoms with E-state index >= 15 is 0 Å². The number of hydrogen-bond donors (Lipinski definition) is 0. The highest BCUT2D eigenvalue weighted by molar-refractivity contribution is 5.92. The minimum Gasteiger partial charge on any atom is -0.265 e. The third-order valence-corrected chi connectivity index (χ3v) is 12.4. The van der Waals surface area contributed by atoms with Crippen LogP contribution in [0.25, 0.3) is 90.0 Å². The van der Waals surface area contributed by atoms with Crippen molar-refractivity contribution in [2.45, 2.75) is 78.6 Å². The first-order valence-corrected chi connectivity index (χ1v) is 25.7. The molecule has 9 nitrogen and oxygen atoms in total. The molecule has 0 aliphatic rings. The maximum atomic E-state index is 4.93. The molecule has 0 fully saturated rings. The lowest BCUT2D eigenvalue weighted by molar-refractivity contribution is 0.543. The van der Waals surface area contributed by atoms with Gasteiger partial charge in [0.05, 0.1) is 11.2 Å². The standard InChI is InChI=1S/C25H23N3.C24H22N2.C18H18N4/c1-25(2,3)24-27-22(19-13-8-5-9-14-19)26-23(28-24)21-16-10-15-20(17-21)18-11-6-4-7-12-18;1-24(2,3)23-25-21-12-8-7-11-20(21)22(26-23)19-15-13-18(14-16-19)17-9-5-4-6-10-17;1-18(2,3)17-21-15(13-7-5-4-6-8-13)20-16(22-17)14-9-11-19-12-10-14/h4-17H,1-3H3;4-16H,1-3H3;4-12H,1-3H3. The van der Waals surface area contributed by atoms with E-state index in [4.69, 9.17) is 24.9 Å². The minimum absolute atomic E-state index is 0.0945. The molecule has 0 aliphatic carbocycles. The van der Waals surface area contributed by atoms with Crippen molar-refractivity contribution in [1.82, 2.24) is 44.9 Å². The predicted molar refractivity (Wildman–Crippen MR) is 311 cm³/mol. The van der Waals surface area contributed by atoms with Crippen molar-refractivity contribution < 1.29 is 0 Å². The predicted octanol–water partition coefficient (Wildman–Crippen LogP) is 16.3. The van der Waals surface area contributed by atoms with Crippen LogP contribution < -0.4 is 0 Å². The lowest BCUT2D eigenvalue weighted by Crippen LogP contribution is -2.18. The van der Waals surface area contributed by atoms with Gasteiger partial charge in [-0.25, -0.2) is 39.9 Å². The van der Waals surface area contributed by atoms with Crippen molar-refractivity contribution in [3.05, 3.63) is 236 Å². The van der Waals surface area contributed by atoms with Crippen LogP contribution in [0.3, 0.4) is 0 Å². The molecule has 0 unspecified atom stereocenters. The first-order chi connectivity index (χ1) is 36.6. The van der Waals surface area contributed by atoms with Gasteiger partial charge in [0.2, 0.25) is 0 Å². The fourth-order valence-electron chi connectivity index (χ4n) is 8.17. The van der Waals surface area contributed by atoms with Crippen molar-refractivity contribution >= 4 is 10.9 Å². The highest BCUT2D eigenvalue weighted by Crippen LogP contribution is 2.33. The highest BCUT2D eigenvalue weighted by Gasteiger charge is 2.23. The molecule has 0 spiro atoms. The number of nitrogens with zero attached hydrogens (tertiary/aromatic N) is 9. The van der Waals surface area contributed by atoms with Gasteiger partial charge in [-0.05, 0) is 46.5 Å². The molecule has 4 aromatic heterocycles. The Labute approximate surface area is 447 Å². The Hall–Kier alpha value is -8.95. The molecule has 7 aromatic carbocycles. The van der Waals surface area contributed by atoms with E-state index in [1.54, 1.807) is 12.4 Å². The molecule has 0 atom stereocenters. The zero-order chi connectivity index (χ0) is 53.3. The maximum absolute atomic E-state index is 4.93. The lowest BCUT2D eigenvalue weighted by atomic mass is 9.94. The van der Waals surface area contributed by atoms with Gasteiger partial charge < -0.3 is 0 Å². The van der Waals surface area contributed by atoms with E-state index in [0.717, 1.165) is 67.5 Å². The number of hydrogen-bond acceptors (Lipinski definition) is 9. The summed E-state index contributed by atoms with van der Waals surface area (Å²) < 4.78 is 0. The Balaban J connectivity index is 0.000000140. The first kappa shape index (κ1) is 51.9. The molecule has 4 heterocycles. The molecule has 0 saturated heterocycles. The van der Waals surface area contributed by atoms with Gasteiger partial charge in [0.1, 0.15) is 17.5 Å². The van der Waals surface area contributed by atoms with Gasteiger partial charge >= 0.3 is 0 Å². The SMILES string of the molecule is CC(C)(C)c1nc(-c2ccc(-c3ccccc3)cc2)c2ccccc2n1.CC(C)(C)c1nc(-c2ccccc2)nc(-c2cccc(-c3ccccc3)c2)n1.CC(C)(C)c1nc(-c2ccccc2)nc(-c2ccncc2)n1. The zero-order valence-electron chi connectivity index (χ0n) is 44.8. The Morgan fingerprint density at radius 3 is 1.07 bits per heavy atom. The molecule has 0 bridgehead atoms. The van der Waals surface area contributed by atoms with Gasteiger partial charge in [-0.1, -0.05) is 244 Å². The fraction of sp³-hybridized carbons (Fsp3) is 0.179. The normalized spacial score (nSPS) is 11.5. The molecular weight excluding hydrogens is 931 g/mol. The van der Waals surface area contributed by atoms with E-state index in [1.165, 1.54) is 16.7 Å². The Kier molecular flexibility index (Phi) is 15.5. The summed E-state index contributed by atoms with van der Waals surface area (Å²) in [6.07, 6.45) is 3.50. The minimum atomic E-state index is -0.168. The molecule has 9 heteroatoms. The van der Waals surface area contributed by atoms with Gasteiger partial charge in [0, 0.05) is 61.8 Å². The van der Waals surface area contributed by atoms with E-state index in [2.05, 4.69) is 191 Å². The summed E-state index contributed by atoms with van der Waals surface area (Å²) in [5, 5.41) is 1.09. The van der Waals surface area contributed by atoms with Gasteiger partial charge in [0.25, 0.3) is 0 Å². The summed E-state index contributed by atoms with van der Waals surface area (Å²) in [4.78, 5) is 42.1. The second kappa shape index (κ2) is 22.7. The van der Waals surface area contributed by atoms with Crippen LogP contribution in [0.15, 0.2) is 219 Å². The van der Waals surface area contributed by atoms with Gasteiger partial charge in [-0.15, -0.1) is 0 Å². The van der Waals surface area contributed by atoms with Crippen LogP contribution in [0, 0.1) is 0 Å². The van der Waals surface area contributed by atoms with Gasteiger partial charge in [0.15, 0.2) is 23.3 Å². The number of benzene rings is 7. The second-order valence-electron chi connectivity index (χ2n) is 21.6. The van der Waals surface area contributed by atoms with E-state index < -0.39 is 0 Å². The number of pyridine rings is 1. The summed E-state index contributed by atoms with van der Waals surface area (Å²) in [6.45, 7) is 19.1. The Morgan fingerprint density at radius 1 is 0.250 bits per heavy atom. The average Bonchev–Trinajstić information content (AvgIpc) is 3.46. The van der Waals surface area contributed by atoms with Crippen molar-refractivity contribution in [1.29, 1.82) is 0 Å². The summed E-state index contributed by atoms with van der Waals surface area (Å²) in [5.41, 5.74) is 11.4. The first-order valence-electron chi connectivity index (χ1n) is 25.7. The largest absolute Gasteiger partial charge is 0.265 e. The monoisotopic (exact) mass is 994 g/mol. The molecule has 0 amide bonds. The summed E-state index contributed by atoms with van der Waals surface area (Å²) in [7, 11) is 0. The summed E-state index contributed by atoms with van der Waals surface area (Å²) >= 11 is 0. The summed E-state index contributed by atoms with van der Waals surface area (Å²) in [5.74, 6) is 5.25. The van der Waals surface area contributed by atoms with Crippen LogP contribution in [-0.2, 0) is 16.2 Å². The molecular formula is C67H63N9. The second-order valence-corrected chi connectivity index (χ2v) is 21.6. The maximum Gasteiger partial charge on any atom is 0.163 e. The van der Waals surface area contributed by atoms with Crippen LogP contribution in [0.1, 0.15) is 79.8 Å². The molecule has 11 rings (SSSR count). The van der Waals surface area contributed by atoms with Gasteiger partial charge in [-0.3, -0.25) is 4.98 Å². The quantitative estimate of drug-likeness (QED) is 0.154. The molecule has 11 aromatic rings. The van der Waals surface area contributed by atoms with Crippen LogP contribution in [0.4, 0.5) is 0 Å². The highest BCUT2D eigenvalue weighted by atomic mass is 15.1. The van der Waals surface area contributed by atoms with E-state index in [9.17, 15) is 0 Å². The number of para-hydroxylation sites is 1. The van der Waals surface area contributed by atoms with Crippen LogP contribution in [-0.4, -0.2) is 44.9 Å². The zero-order valence-corrected chi connectivity index (χ0v) is 44.8. The number of aromatic nitrogens is 9. The van der Waals surface area contributed by atoms with Crippen molar-refractivity contribution in [2.75, 3.05) is 0 Å². The van der Waals surface area contributed by atoms with Crippen molar-refractivity contribution in [3.8, 4) is 79.1 Å². The smallest absolute Gasteiger partial charge is 0.163 e. The van der Waals surface area contributed by atoms with Gasteiger partial charge in [-0.2, -0.15) is 0 Å². The van der Waals surface area contributed by atoms with Crippen molar-refractivity contribution in [3.63, 3.8) is 0 Å². The molecule has 376 valence electrons. The number of fused-ring (bicyclic) bond motifs is 1. The summed E-state index contributed by atoms with van der Waals surface area (Å²) in [6, 6.07) is 69.9. The Bertz CT molecular complexity index is 3610. The van der Waals surface area contributed by atoms with Crippen molar-refractivity contribution in [2.24, 2.45) is 0 Å². The number of rotatable bonds is 7. The van der Waals surface area contributed by atoms with E-state index in [-0.39, 0.29) is 16.2 Å². The molecule has 0 N–H and O–H groups in total. The molecule has 76 heavy (non-hydrogen) atoms. The van der Waals surface area contributed by atoms with E-state index in [0.29, 0.717) is 23.3 Å². The molecule has 0 saturated carbocycles. The van der Waals surface area contributed by atoms with E-state index in [1.807, 2.05) is 97.1 Å². The average molecular weight is 994 g/mol. The molecule has 0 aliphatic heterocycles. The third-order valence-electron chi connectivity index (χ3n) is 12.4. The van der Waals surface area contributed by atoms with Crippen LogP contribution >= 0.6 is 0 Å². The lowest BCUT2D eigenvalue weighted by Gasteiger charge is -2.19. The van der Waals surface area contributed by atoms with Crippen LogP contribution in [0.2, 0.25) is 0 Å². The fourth-order valence-corrected chi connectivity index (χ4v) is 8.17. The Morgan fingerprint density at radius 2 is 0.592 bits per heavy atom.